The molecule has 12 aromatic rings. The molecule has 12 rings (SSSR count). The number of fused-ring (bicyclic) bond motifs is 8. The van der Waals surface area contributed by atoms with E-state index in [2.05, 4.69) is 24.3 Å². The topological polar surface area (TPSA) is 13.1 Å². The van der Waals surface area contributed by atoms with E-state index in [1.165, 1.54) is 0 Å². The monoisotopic (exact) mass is 761 g/mol. The Morgan fingerprint density at radius 2 is 0.847 bits per heavy atom. The fourth-order valence-corrected chi connectivity index (χ4v) is 8.82. The lowest BCUT2D eigenvalue weighted by atomic mass is 9.84. The summed E-state index contributed by atoms with van der Waals surface area (Å²) < 4.78 is 122. The largest absolute Gasteiger partial charge is 0.455 e. The highest BCUT2D eigenvalue weighted by Gasteiger charge is 2.21. The molecule has 0 bridgehead atoms. The Morgan fingerprint density at radius 3 is 1.56 bits per heavy atom. The highest BCUT2D eigenvalue weighted by atomic mass is 16.3. The summed E-state index contributed by atoms with van der Waals surface area (Å²) in [7, 11) is 0. The molecule has 0 fully saturated rings. The van der Waals surface area contributed by atoms with E-state index in [0.717, 1.165) is 60.5 Å². The van der Waals surface area contributed by atoms with Crippen LogP contribution in [-0.2, 0) is 0 Å². The Morgan fingerprint density at radius 1 is 0.305 bits per heavy atom. The van der Waals surface area contributed by atoms with E-state index in [4.69, 9.17) is 16.8 Å². The lowest BCUT2D eigenvalue weighted by Gasteiger charge is -2.19. The molecule has 0 spiro atoms. The van der Waals surface area contributed by atoms with Gasteiger partial charge in [-0.3, -0.25) is 0 Å². The van der Waals surface area contributed by atoms with Gasteiger partial charge in [0.25, 0.3) is 0 Å². The van der Waals surface area contributed by atoms with Crippen LogP contribution in [0.4, 0.5) is 0 Å². The number of furan rings is 1. The molecule has 1 heteroatoms. The Bertz CT molecular complexity index is 4270. The highest BCUT2D eigenvalue weighted by molar-refractivity contribution is 6.23. The predicted molar refractivity (Wildman–Crippen MR) is 251 cm³/mol. The zero-order valence-corrected chi connectivity index (χ0v) is 31.2. The van der Waals surface area contributed by atoms with Crippen molar-refractivity contribution in [1.82, 2.24) is 0 Å². The number of para-hydroxylation sites is 1. The Labute approximate surface area is 360 Å². The minimum Gasteiger partial charge on any atom is -0.455 e. The third-order valence-electron chi connectivity index (χ3n) is 11.4. The molecule has 0 atom stereocenters. The van der Waals surface area contributed by atoms with Crippen LogP contribution in [0.15, 0.2) is 222 Å². The van der Waals surface area contributed by atoms with Crippen molar-refractivity contribution in [3.63, 3.8) is 0 Å². The molecule has 274 valence electrons. The van der Waals surface area contributed by atoms with Gasteiger partial charge in [-0.2, -0.15) is 0 Å². The third kappa shape index (κ3) is 5.33. The van der Waals surface area contributed by atoms with Crippen LogP contribution < -0.4 is 0 Å². The first-order chi connectivity index (χ1) is 34.7. The Kier molecular flexibility index (Phi) is 5.21. The van der Waals surface area contributed by atoms with Gasteiger partial charge in [-0.1, -0.05) is 194 Å². The molecular weight excluding hydrogens is 713 g/mol. The summed E-state index contributed by atoms with van der Waals surface area (Å²) >= 11 is 0. The van der Waals surface area contributed by atoms with E-state index in [1.807, 2.05) is 109 Å². The van der Waals surface area contributed by atoms with Crippen molar-refractivity contribution in [2.75, 3.05) is 0 Å². The molecular formula is C58H36O. The molecule has 1 nitrogen and oxygen atoms in total. The van der Waals surface area contributed by atoms with Gasteiger partial charge < -0.3 is 4.42 Å². The van der Waals surface area contributed by atoms with Gasteiger partial charge in [0.05, 0.1) is 17.8 Å². The van der Waals surface area contributed by atoms with Crippen molar-refractivity contribution in [3.05, 3.63) is 218 Å². The first-order valence-corrected chi connectivity index (χ1v) is 19.3. The molecule has 11 aromatic carbocycles. The lowest BCUT2D eigenvalue weighted by molar-refractivity contribution is 0.670. The fourth-order valence-electron chi connectivity index (χ4n) is 8.82. The minimum atomic E-state index is -0.550. The van der Waals surface area contributed by atoms with Crippen LogP contribution >= 0.6 is 0 Å². The summed E-state index contributed by atoms with van der Waals surface area (Å²) in [4.78, 5) is 0. The molecule has 0 radical (unpaired) electrons. The molecule has 1 heterocycles. The van der Waals surface area contributed by atoms with Gasteiger partial charge in [0.2, 0.25) is 0 Å². The Hall–Kier alpha value is -7.74. The second-order valence-corrected chi connectivity index (χ2v) is 14.5. The van der Waals surface area contributed by atoms with Crippen molar-refractivity contribution in [2.45, 2.75) is 0 Å². The van der Waals surface area contributed by atoms with E-state index < -0.39 is 60.4 Å². The van der Waals surface area contributed by atoms with Crippen LogP contribution in [0.3, 0.4) is 0 Å². The van der Waals surface area contributed by atoms with Crippen LogP contribution in [0, 0.1) is 0 Å². The molecule has 0 saturated carbocycles. The van der Waals surface area contributed by atoms with Crippen molar-refractivity contribution in [3.8, 4) is 55.6 Å². The van der Waals surface area contributed by atoms with E-state index in [0.29, 0.717) is 44.0 Å². The van der Waals surface area contributed by atoms with Crippen LogP contribution in [0.5, 0.6) is 0 Å². The van der Waals surface area contributed by atoms with Crippen molar-refractivity contribution >= 4 is 65.0 Å². The van der Waals surface area contributed by atoms with Crippen LogP contribution in [-0.4, -0.2) is 0 Å². The van der Waals surface area contributed by atoms with Gasteiger partial charge in [-0.05, 0) is 117 Å². The first kappa shape index (κ1) is 22.9. The lowest BCUT2D eigenvalue weighted by Crippen LogP contribution is -1.92. The standard InChI is InChI=1S/C58H36O/c1-3-15-37(16-4-1)38-27-29-40(30-28-38)57-51(33-34-52-46-21-13-14-26-54(46)59-58(52)57)53-36-42-35-41(31-32-43(42)44-19-7-8-20-45(44)53)56-49-24-11-9-22-47(49)55(39-17-5-2-6-18-39)48-23-10-12-25-50(48)56/h1-36H/i1D,2D,3D,4D,5D,6D,15D,17D,18D,27D,28D,29D,30D. The van der Waals surface area contributed by atoms with E-state index in [-0.39, 0.29) is 40.4 Å². The minimum absolute atomic E-state index is 0.0377. The summed E-state index contributed by atoms with van der Waals surface area (Å²) in [5.74, 6) is 0. The summed E-state index contributed by atoms with van der Waals surface area (Å²) in [6.07, 6.45) is 0. The average Bonchev–Trinajstić information content (AvgIpc) is 3.78. The molecule has 0 aliphatic heterocycles. The van der Waals surface area contributed by atoms with Crippen molar-refractivity contribution in [2.24, 2.45) is 0 Å². The molecule has 0 aliphatic carbocycles. The van der Waals surface area contributed by atoms with E-state index in [9.17, 15) is 5.48 Å². The van der Waals surface area contributed by atoms with Gasteiger partial charge in [-0.15, -0.1) is 0 Å². The van der Waals surface area contributed by atoms with Gasteiger partial charge in [0, 0.05) is 16.3 Å². The SMILES string of the molecule is [2H]c1cc(-c2c([2H])c([2H])c(-c3c(-c4cc5cc(-c6c7ccccc7c(-c7c([2H])c([2H])c([2H])c([2H])c7[2H])c7ccccc67)ccc5c5ccccc45)ccc4c3oc3ccccc34)c([2H])c2[2H])c([2H])c([2H])c1[2H]. The molecule has 59 heavy (non-hydrogen) atoms. The third-order valence-corrected chi connectivity index (χ3v) is 11.4. The Balaban J connectivity index is 1.15. The normalized spacial score (nSPS) is 14.8. The second kappa shape index (κ2) is 13.4. The van der Waals surface area contributed by atoms with E-state index in [1.54, 1.807) is 0 Å². The van der Waals surface area contributed by atoms with Crippen LogP contribution in [0.25, 0.3) is 121 Å². The number of hydrogen-bond donors (Lipinski definition) is 0. The summed E-state index contributed by atoms with van der Waals surface area (Å²) in [6, 6.07) is 38.6. The summed E-state index contributed by atoms with van der Waals surface area (Å²) in [6.45, 7) is 0. The molecule has 0 unspecified atom stereocenters. The second-order valence-electron chi connectivity index (χ2n) is 14.5. The maximum Gasteiger partial charge on any atom is 0.143 e. The van der Waals surface area contributed by atoms with Crippen LogP contribution in [0.2, 0.25) is 0 Å². The molecule has 0 saturated heterocycles. The average molecular weight is 762 g/mol. The molecule has 0 N–H and O–H groups in total. The number of rotatable bonds is 5. The molecule has 1 aromatic heterocycles. The van der Waals surface area contributed by atoms with Gasteiger partial charge >= 0.3 is 0 Å². The van der Waals surface area contributed by atoms with Crippen molar-refractivity contribution in [1.29, 1.82) is 0 Å². The predicted octanol–water partition coefficient (Wildman–Crippen LogP) is 16.5. The smallest absolute Gasteiger partial charge is 0.143 e. The number of hydrogen-bond acceptors (Lipinski definition) is 1. The number of benzene rings is 11. The molecule has 0 amide bonds. The maximum atomic E-state index is 9.65. The first-order valence-electron chi connectivity index (χ1n) is 25.8. The van der Waals surface area contributed by atoms with Gasteiger partial charge in [0.15, 0.2) is 0 Å². The fraction of sp³-hybridized carbons (Fsp3) is 0. The summed E-state index contributed by atoms with van der Waals surface area (Å²) in [5.41, 5.74) is 4.48. The van der Waals surface area contributed by atoms with Crippen molar-refractivity contribution < 1.29 is 22.2 Å². The highest BCUT2D eigenvalue weighted by Crippen LogP contribution is 2.48. The summed E-state index contributed by atoms with van der Waals surface area (Å²) in [5, 5.41) is 8.08. The zero-order valence-electron chi connectivity index (χ0n) is 44.2. The quantitative estimate of drug-likeness (QED) is 0.126. The van der Waals surface area contributed by atoms with E-state index >= 15 is 0 Å². The van der Waals surface area contributed by atoms with Crippen LogP contribution in [0.1, 0.15) is 17.8 Å². The zero-order chi connectivity index (χ0) is 50.2. The van der Waals surface area contributed by atoms with Gasteiger partial charge in [0.1, 0.15) is 11.2 Å². The maximum absolute atomic E-state index is 9.65. The molecule has 0 aliphatic rings. The van der Waals surface area contributed by atoms with Gasteiger partial charge in [-0.25, -0.2) is 0 Å².